The van der Waals surface area contributed by atoms with Crippen molar-refractivity contribution in [2.24, 2.45) is 0 Å². The SMILES string of the molecule is CC1CCC(C2CNC(=O)O2)O1. The lowest BCUT2D eigenvalue weighted by Crippen LogP contribution is -2.29. The first-order valence-corrected chi connectivity index (χ1v) is 4.35. The molecule has 4 heteroatoms. The smallest absolute Gasteiger partial charge is 0.407 e. The Bertz CT molecular complexity index is 195. The first kappa shape index (κ1) is 7.86. The van der Waals surface area contributed by atoms with Crippen LogP contribution >= 0.6 is 0 Å². The molecule has 0 aromatic carbocycles. The van der Waals surface area contributed by atoms with E-state index in [0.717, 1.165) is 12.8 Å². The summed E-state index contributed by atoms with van der Waals surface area (Å²) >= 11 is 0. The highest BCUT2D eigenvalue weighted by Gasteiger charge is 2.35. The molecule has 2 saturated heterocycles. The summed E-state index contributed by atoms with van der Waals surface area (Å²) in [4.78, 5) is 10.7. The van der Waals surface area contributed by atoms with E-state index < -0.39 is 0 Å². The van der Waals surface area contributed by atoms with Crippen LogP contribution in [0.2, 0.25) is 0 Å². The number of carbonyl (C=O) groups excluding carboxylic acids is 1. The Morgan fingerprint density at radius 2 is 2.25 bits per heavy atom. The van der Waals surface area contributed by atoms with Gasteiger partial charge in [0.1, 0.15) is 6.10 Å². The van der Waals surface area contributed by atoms with Gasteiger partial charge < -0.3 is 14.8 Å². The molecule has 4 nitrogen and oxygen atoms in total. The number of nitrogens with one attached hydrogen (secondary N) is 1. The van der Waals surface area contributed by atoms with Gasteiger partial charge in [0.2, 0.25) is 0 Å². The second-order valence-electron chi connectivity index (χ2n) is 3.39. The molecule has 68 valence electrons. The van der Waals surface area contributed by atoms with Crippen molar-refractivity contribution in [2.45, 2.75) is 38.1 Å². The summed E-state index contributed by atoms with van der Waals surface area (Å²) < 4.78 is 10.6. The number of amides is 1. The van der Waals surface area contributed by atoms with Gasteiger partial charge in [-0.15, -0.1) is 0 Å². The van der Waals surface area contributed by atoms with Crippen LogP contribution in [0.1, 0.15) is 19.8 Å². The van der Waals surface area contributed by atoms with Crippen LogP contribution in [0, 0.1) is 0 Å². The molecule has 0 aliphatic carbocycles. The highest BCUT2D eigenvalue weighted by atomic mass is 16.6. The normalized spacial score (nSPS) is 41.1. The molecule has 2 fully saturated rings. The summed E-state index contributed by atoms with van der Waals surface area (Å²) in [6.07, 6.45) is 2.11. The molecule has 0 radical (unpaired) electrons. The van der Waals surface area contributed by atoms with E-state index >= 15 is 0 Å². The van der Waals surface area contributed by atoms with Gasteiger partial charge in [-0.1, -0.05) is 0 Å². The second-order valence-corrected chi connectivity index (χ2v) is 3.39. The Hall–Kier alpha value is -0.770. The van der Waals surface area contributed by atoms with Crippen molar-refractivity contribution in [3.8, 4) is 0 Å². The van der Waals surface area contributed by atoms with Crippen molar-refractivity contribution < 1.29 is 14.3 Å². The number of carbonyl (C=O) groups is 1. The average molecular weight is 171 g/mol. The third-order valence-corrected chi connectivity index (χ3v) is 2.39. The lowest BCUT2D eigenvalue weighted by atomic mass is 10.1. The van der Waals surface area contributed by atoms with Crippen molar-refractivity contribution in [1.82, 2.24) is 5.32 Å². The molecule has 3 atom stereocenters. The average Bonchev–Trinajstić information content (AvgIpc) is 2.58. The van der Waals surface area contributed by atoms with Crippen molar-refractivity contribution in [2.75, 3.05) is 6.54 Å². The predicted octanol–water partition coefficient (Wildman–Crippen LogP) is 0.662. The number of ether oxygens (including phenoxy) is 2. The lowest BCUT2D eigenvalue weighted by molar-refractivity contribution is -0.0166. The number of hydrogen-bond acceptors (Lipinski definition) is 3. The van der Waals surface area contributed by atoms with Gasteiger partial charge in [-0.3, -0.25) is 0 Å². The standard InChI is InChI=1S/C8H13NO3/c1-5-2-3-6(11-5)7-4-9-8(10)12-7/h5-7H,2-4H2,1H3,(H,9,10). The van der Waals surface area contributed by atoms with Gasteiger partial charge in [0.15, 0.2) is 0 Å². The Morgan fingerprint density at radius 3 is 2.75 bits per heavy atom. The maximum absolute atomic E-state index is 10.7. The van der Waals surface area contributed by atoms with Crippen LogP contribution in [-0.2, 0) is 9.47 Å². The van der Waals surface area contributed by atoms with Gasteiger partial charge in [-0.25, -0.2) is 4.79 Å². The Balaban J connectivity index is 1.89. The largest absolute Gasteiger partial charge is 0.442 e. The van der Waals surface area contributed by atoms with Crippen LogP contribution in [0.25, 0.3) is 0 Å². The van der Waals surface area contributed by atoms with E-state index in [1.807, 2.05) is 6.92 Å². The summed E-state index contributed by atoms with van der Waals surface area (Å²) in [6, 6.07) is 0. The van der Waals surface area contributed by atoms with Crippen molar-refractivity contribution in [3.05, 3.63) is 0 Å². The number of hydrogen-bond donors (Lipinski definition) is 1. The molecule has 2 aliphatic heterocycles. The topological polar surface area (TPSA) is 47.6 Å². The van der Waals surface area contributed by atoms with E-state index in [-0.39, 0.29) is 18.3 Å². The zero-order valence-electron chi connectivity index (χ0n) is 7.08. The Labute approximate surface area is 71.2 Å². The van der Waals surface area contributed by atoms with Crippen molar-refractivity contribution in [3.63, 3.8) is 0 Å². The molecule has 2 rings (SSSR count). The molecule has 0 spiro atoms. The quantitative estimate of drug-likeness (QED) is 0.630. The molecule has 0 saturated carbocycles. The third-order valence-electron chi connectivity index (χ3n) is 2.39. The van der Waals surface area contributed by atoms with Crippen LogP contribution in [0.5, 0.6) is 0 Å². The molecule has 2 aliphatic rings. The molecule has 12 heavy (non-hydrogen) atoms. The maximum Gasteiger partial charge on any atom is 0.407 e. The molecule has 0 aromatic heterocycles. The summed E-state index contributed by atoms with van der Waals surface area (Å²) in [5.74, 6) is 0. The summed E-state index contributed by atoms with van der Waals surface area (Å²) in [5.41, 5.74) is 0. The zero-order valence-corrected chi connectivity index (χ0v) is 7.08. The lowest BCUT2D eigenvalue weighted by Gasteiger charge is -2.15. The molecule has 0 aromatic rings. The zero-order chi connectivity index (χ0) is 8.55. The molecule has 1 amide bonds. The molecule has 2 heterocycles. The van der Waals surface area contributed by atoms with Gasteiger partial charge >= 0.3 is 6.09 Å². The maximum atomic E-state index is 10.7. The van der Waals surface area contributed by atoms with Crippen molar-refractivity contribution in [1.29, 1.82) is 0 Å². The fraction of sp³-hybridized carbons (Fsp3) is 0.875. The van der Waals surface area contributed by atoms with E-state index in [0.29, 0.717) is 12.6 Å². The first-order chi connectivity index (χ1) is 5.75. The minimum absolute atomic E-state index is 0.0672. The molecule has 1 N–H and O–H groups in total. The highest BCUT2D eigenvalue weighted by molar-refractivity contribution is 5.69. The summed E-state index contributed by atoms with van der Waals surface area (Å²) in [5, 5.41) is 2.62. The van der Waals surface area contributed by atoms with E-state index in [4.69, 9.17) is 9.47 Å². The Morgan fingerprint density at radius 1 is 1.42 bits per heavy atom. The van der Waals surface area contributed by atoms with Gasteiger partial charge in [-0.05, 0) is 19.8 Å². The monoisotopic (exact) mass is 171 g/mol. The highest BCUT2D eigenvalue weighted by Crippen LogP contribution is 2.24. The third kappa shape index (κ3) is 1.39. The van der Waals surface area contributed by atoms with Gasteiger partial charge in [0.25, 0.3) is 0 Å². The molecule has 0 bridgehead atoms. The Kier molecular flexibility index (Phi) is 1.92. The summed E-state index contributed by atoms with van der Waals surface area (Å²) in [6.45, 7) is 2.64. The van der Waals surface area contributed by atoms with Crippen LogP contribution in [0.15, 0.2) is 0 Å². The van der Waals surface area contributed by atoms with Crippen LogP contribution in [0.4, 0.5) is 4.79 Å². The van der Waals surface area contributed by atoms with E-state index in [1.54, 1.807) is 0 Å². The molecular formula is C8H13NO3. The van der Waals surface area contributed by atoms with E-state index in [2.05, 4.69) is 5.32 Å². The van der Waals surface area contributed by atoms with Gasteiger partial charge in [-0.2, -0.15) is 0 Å². The minimum Gasteiger partial charge on any atom is -0.442 e. The van der Waals surface area contributed by atoms with Crippen LogP contribution in [0.3, 0.4) is 0 Å². The van der Waals surface area contributed by atoms with Crippen molar-refractivity contribution >= 4 is 6.09 Å². The van der Waals surface area contributed by atoms with E-state index in [9.17, 15) is 4.79 Å². The predicted molar refractivity (Wildman–Crippen MR) is 41.8 cm³/mol. The fourth-order valence-electron chi connectivity index (χ4n) is 1.72. The van der Waals surface area contributed by atoms with Gasteiger partial charge in [0, 0.05) is 0 Å². The van der Waals surface area contributed by atoms with Crippen LogP contribution in [-0.4, -0.2) is 30.9 Å². The molecule has 3 unspecified atom stereocenters. The summed E-state index contributed by atoms with van der Waals surface area (Å²) in [7, 11) is 0. The van der Waals surface area contributed by atoms with E-state index in [1.165, 1.54) is 0 Å². The second kappa shape index (κ2) is 2.94. The fourth-order valence-corrected chi connectivity index (χ4v) is 1.72. The van der Waals surface area contributed by atoms with Crippen LogP contribution < -0.4 is 5.32 Å². The first-order valence-electron chi connectivity index (χ1n) is 4.35. The number of alkyl carbamates (subject to hydrolysis) is 1. The minimum atomic E-state index is -0.317. The number of rotatable bonds is 1. The number of cyclic esters (lactones) is 1. The molecular weight excluding hydrogens is 158 g/mol. The van der Waals surface area contributed by atoms with Gasteiger partial charge in [0.05, 0.1) is 18.8 Å².